The van der Waals surface area contributed by atoms with Crippen LogP contribution in [0.2, 0.25) is 0 Å². The fourth-order valence-corrected chi connectivity index (χ4v) is 5.84. The van der Waals surface area contributed by atoms with E-state index in [0.717, 1.165) is 21.9 Å². The van der Waals surface area contributed by atoms with E-state index in [1.807, 2.05) is 23.7 Å². The summed E-state index contributed by atoms with van der Waals surface area (Å²) in [4.78, 5) is 27.7. The molecule has 5 heterocycles. The first-order valence-corrected chi connectivity index (χ1v) is 14.1. The van der Waals surface area contributed by atoms with Gasteiger partial charge in [0.15, 0.2) is 0 Å². The van der Waals surface area contributed by atoms with Crippen LogP contribution in [0.3, 0.4) is 0 Å². The van der Waals surface area contributed by atoms with Crippen LogP contribution in [-0.4, -0.2) is 66.6 Å². The number of likely N-dealkylation sites (tertiary alicyclic amines) is 1. The molecule has 1 amide bonds. The number of hydrogen-bond acceptors (Lipinski definition) is 6. The highest BCUT2D eigenvalue weighted by Crippen LogP contribution is 2.38. The summed E-state index contributed by atoms with van der Waals surface area (Å²) in [6.07, 6.45) is 0.128. The summed E-state index contributed by atoms with van der Waals surface area (Å²) < 4.78 is 58.3. The van der Waals surface area contributed by atoms with E-state index in [1.165, 1.54) is 21.9 Å². The number of carbonyl (C=O) groups is 1. The van der Waals surface area contributed by atoms with Gasteiger partial charge in [-0.25, -0.2) is 9.59 Å². The highest BCUT2D eigenvalue weighted by molar-refractivity contribution is 5.68. The zero-order chi connectivity index (χ0) is 30.7. The first-order valence-electron chi connectivity index (χ1n) is 14.1. The number of nitrogens with zero attached hydrogens (tertiary/aromatic N) is 6. The van der Waals surface area contributed by atoms with Crippen molar-refractivity contribution < 1.29 is 27.4 Å². The van der Waals surface area contributed by atoms with Gasteiger partial charge in [-0.3, -0.25) is 8.97 Å². The average molecular weight is 599 g/mol. The summed E-state index contributed by atoms with van der Waals surface area (Å²) in [5.41, 5.74) is -1.16. The Morgan fingerprint density at radius 3 is 2.56 bits per heavy atom. The molecule has 13 heteroatoms. The molecule has 0 radical (unpaired) electrons. The van der Waals surface area contributed by atoms with Crippen LogP contribution in [0.15, 0.2) is 53.8 Å². The van der Waals surface area contributed by atoms with Gasteiger partial charge in [0.25, 0.3) is 0 Å². The van der Waals surface area contributed by atoms with Crippen molar-refractivity contribution in [2.45, 2.75) is 56.7 Å². The molecule has 6 rings (SSSR count). The molecular formula is C30H33F3N6O4. The molecule has 10 nitrogen and oxygen atoms in total. The normalized spacial score (nSPS) is 18.7. The number of hydrogen-bond donors (Lipinski definition) is 0. The van der Waals surface area contributed by atoms with Crippen molar-refractivity contribution in [3.8, 4) is 5.69 Å². The largest absolute Gasteiger partial charge is 0.444 e. The van der Waals surface area contributed by atoms with Gasteiger partial charge in [-0.05, 0) is 56.5 Å². The van der Waals surface area contributed by atoms with E-state index in [-0.39, 0.29) is 18.0 Å². The number of halogens is 3. The number of pyridine rings is 1. The van der Waals surface area contributed by atoms with Crippen molar-refractivity contribution in [1.82, 2.24) is 28.6 Å². The number of benzene rings is 1. The standard InChI is InChI=1S/C30H33F3N6O4/c1-28(2,3)43-27(41)37-9-8-19(13-37)20-10-23(30(31,32)33)24-15-38(26(40)39(24)14-20)22-7-5-6-21(11-22)29(16-42-17-29)12-25-35-34-18-36(25)4/h5-7,10-11,14-15,18-19H,8-9,12-13,16-17H2,1-4H3. The van der Waals surface area contributed by atoms with Crippen molar-refractivity contribution >= 4 is 11.6 Å². The zero-order valence-electron chi connectivity index (χ0n) is 24.4. The predicted octanol–water partition coefficient (Wildman–Crippen LogP) is 4.47. The van der Waals surface area contributed by atoms with Crippen molar-refractivity contribution in [3.05, 3.63) is 82.1 Å². The van der Waals surface area contributed by atoms with Crippen molar-refractivity contribution in [3.63, 3.8) is 0 Å². The second kappa shape index (κ2) is 10.2. The molecule has 2 aliphatic rings. The van der Waals surface area contributed by atoms with E-state index >= 15 is 0 Å². The number of ether oxygens (including phenoxy) is 2. The Morgan fingerprint density at radius 1 is 1.16 bits per heavy atom. The SMILES string of the molecule is Cn1cnnc1CC1(c2cccc(-n3cc4c(C(F)(F)F)cc(C5CCN(C(=O)OC(C)(C)C)C5)cn4c3=O)c2)COC1. The molecule has 2 fully saturated rings. The van der Waals surface area contributed by atoms with Crippen LogP contribution in [0.1, 0.15) is 55.6 Å². The molecule has 0 spiro atoms. The number of aryl methyl sites for hydroxylation is 1. The molecule has 1 unspecified atom stereocenters. The quantitative estimate of drug-likeness (QED) is 0.337. The Morgan fingerprint density at radius 2 is 1.93 bits per heavy atom. The summed E-state index contributed by atoms with van der Waals surface area (Å²) in [7, 11) is 1.86. The molecular weight excluding hydrogens is 565 g/mol. The monoisotopic (exact) mass is 598 g/mol. The Bertz CT molecular complexity index is 1740. The summed E-state index contributed by atoms with van der Waals surface area (Å²) in [6.45, 7) is 6.70. The first-order chi connectivity index (χ1) is 20.2. The fourth-order valence-electron chi connectivity index (χ4n) is 5.84. The van der Waals surface area contributed by atoms with Crippen LogP contribution in [-0.2, 0) is 34.5 Å². The summed E-state index contributed by atoms with van der Waals surface area (Å²) in [6, 6.07) is 8.34. The Hall–Kier alpha value is -4.13. The number of imidazole rings is 1. The minimum atomic E-state index is -4.70. The van der Waals surface area contributed by atoms with Gasteiger partial charge in [-0.2, -0.15) is 13.2 Å². The minimum absolute atomic E-state index is 0.199. The second-order valence-corrected chi connectivity index (χ2v) is 12.5. The maximum Gasteiger partial charge on any atom is 0.418 e. The molecule has 0 aliphatic carbocycles. The van der Waals surface area contributed by atoms with E-state index in [1.54, 1.807) is 39.2 Å². The maximum atomic E-state index is 14.4. The van der Waals surface area contributed by atoms with Crippen LogP contribution in [0.25, 0.3) is 11.2 Å². The third kappa shape index (κ3) is 5.41. The van der Waals surface area contributed by atoms with Gasteiger partial charge < -0.3 is 18.9 Å². The van der Waals surface area contributed by atoms with Crippen molar-refractivity contribution in [1.29, 1.82) is 0 Å². The van der Waals surface area contributed by atoms with Crippen LogP contribution in [0.5, 0.6) is 0 Å². The first kappa shape index (κ1) is 29.0. The molecule has 3 aromatic heterocycles. The van der Waals surface area contributed by atoms with Crippen LogP contribution >= 0.6 is 0 Å². The molecule has 1 aromatic carbocycles. The number of rotatable bonds is 5. The third-order valence-electron chi connectivity index (χ3n) is 8.20. The van der Waals surface area contributed by atoms with E-state index in [9.17, 15) is 22.8 Å². The number of alkyl halides is 3. The van der Waals surface area contributed by atoms with Gasteiger partial charge >= 0.3 is 18.0 Å². The smallest absolute Gasteiger partial charge is 0.418 e. The van der Waals surface area contributed by atoms with Crippen molar-refractivity contribution in [2.24, 2.45) is 7.05 Å². The molecule has 0 saturated carbocycles. The van der Waals surface area contributed by atoms with Crippen LogP contribution in [0.4, 0.5) is 18.0 Å². The number of fused-ring (bicyclic) bond motifs is 1. The molecule has 0 N–H and O–H groups in total. The molecule has 43 heavy (non-hydrogen) atoms. The summed E-state index contributed by atoms with van der Waals surface area (Å²) in [5, 5.41) is 8.15. The Kier molecular flexibility index (Phi) is 6.90. The maximum absolute atomic E-state index is 14.4. The van der Waals surface area contributed by atoms with E-state index in [0.29, 0.717) is 43.9 Å². The highest BCUT2D eigenvalue weighted by atomic mass is 19.4. The van der Waals surface area contributed by atoms with E-state index < -0.39 is 34.5 Å². The number of carbonyl (C=O) groups excluding carboxylic acids is 1. The molecule has 4 aromatic rings. The van der Waals surface area contributed by atoms with Gasteiger partial charge in [-0.15, -0.1) is 10.2 Å². The third-order valence-corrected chi connectivity index (χ3v) is 8.20. The molecule has 0 bridgehead atoms. The van der Waals surface area contributed by atoms with Gasteiger partial charge in [0.2, 0.25) is 0 Å². The van der Waals surface area contributed by atoms with Gasteiger partial charge in [0.1, 0.15) is 17.8 Å². The van der Waals surface area contributed by atoms with Gasteiger partial charge in [0.05, 0.1) is 30.0 Å². The lowest BCUT2D eigenvalue weighted by Gasteiger charge is -2.41. The molecule has 228 valence electrons. The zero-order valence-corrected chi connectivity index (χ0v) is 24.4. The average Bonchev–Trinajstić information content (AvgIpc) is 3.64. The van der Waals surface area contributed by atoms with E-state index in [2.05, 4.69) is 10.2 Å². The lowest BCUT2D eigenvalue weighted by molar-refractivity contribution is -0.136. The minimum Gasteiger partial charge on any atom is -0.444 e. The Labute approximate surface area is 245 Å². The van der Waals surface area contributed by atoms with Gasteiger partial charge in [-0.1, -0.05) is 12.1 Å². The van der Waals surface area contributed by atoms with Gasteiger partial charge in [0, 0.05) is 50.3 Å². The van der Waals surface area contributed by atoms with E-state index in [4.69, 9.17) is 9.47 Å². The number of amides is 1. The molecule has 2 aliphatic heterocycles. The lowest BCUT2D eigenvalue weighted by atomic mass is 9.75. The second-order valence-electron chi connectivity index (χ2n) is 12.5. The number of aromatic nitrogens is 5. The lowest BCUT2D eigenvalue weighted by Crippen LogP contribution is -2.49. The van der Waals surface area contributed by atoms with Crippen molar-refractivity contribution in [2.75, 3.05) is 26.3 Å². The van der Waals surface area contributed by atoms with Crippen LogP contribution in [0, 0.1) is 0 Å². The summed E-state index contributed by atoms with van der Waals surface area (Å²) >= 11 is 0. The molecule has 2 saturated heterocycles. The van der Waals surface area contributed by atoms with Crippen LogP contribution < -0.4 is 5.69 Å². The summed E-state index contributed by atoms with van der Waals surface area (Å²) in [5.74, 6) is 0.399. The molecule has 1 atom stereocenters. The predicted molar refractivity (Wildman–Crippen MR) is 150 cm³/mol. The highest BCUT2D eigenvalue weighted by Gasteiger charge is 2.42. The fraction of sp³-hybridized carbons (Fsp3) is 0.467. The topological polar surface area (TPSA) is 95.9 Å². The Balaban J connectivity index is 1.36.